The standard InChI is InChI=1S/C11H16O/c1-2-3-4-8-7-10-9(8)5-6-11(10)12/h7,9-10H,2-6H2,1H3/t9-,10+/m0/s1. The molecule has 0 radical (unpaired) electrons. The van der Waals surface area contributed by atoms with Gasteiger partial charge in [0.05, 0.1) is 0 Å². The maximum atomic E-state index is 11.2. The molecule has 2 atom stereocenters. The fourth-order valence-electron chi connectivity index (χ4n) is 2.38. The third-order valence-corrected chi connectivity index (χ3v) is 3.20. The van der Waals surface area contributed by atoms with E-state index in [2.05, 4.69) is 13.0 Å². The summed E-state index contributed by atoms with van der Waals surface area (Å²) in [7, 11) is 0. The molecule has 0 aromatic rings. The Morgan fingerprint density at radius 2 is 2.42 bits per heavy atom. The number of hydrogen-bond donors (Lipinski definition) is 0. The highest BCUT2D eigenvalue weighted by molar-refractivity contribution is 5.87. The zero-order valence-corrected chi connectivity index (χ0v) is 7.68. The van der Waals surface area contributed by atoms with Gasteiger partial charge in [-0.2, -0.15) is 0 Å². The Balaban J connectivity index is 1.92. The maximum Gasteiger partial charge on any atom is 0.140 e. The second kappa shape index (κ2) is 3.04. The van der Waals surface area contributed by atoms with Gasteiger partial charge in [-0.3, -0.25) is 4.79 Å². The normalized spacial score (nSPS) is 32.8. The minimum Gasteiger partial charge on any atom is -0.299 e. The second-order valence-corrected chi connectivity index (χ2v) is 3.98. The molecule has 1 fully saturated rings. The quantitative estimate of drug-likeness (QED) is 0.586. The van der Waals surface area contributed by atoms with Crippen LogP contribution in [0.2, 0.25) is 0 Å². The van der Waals surface area contributed by atoms with Gasteiger partial charge >= 0.3 is 0 Å². The topological polar surface area (TPSA) is 17.1 Å². The number of carbonyl (C=O) groups is 1. The summed E-state index contributed by atoms with van der Waals surface area (Å²) in [5.74, 6) is 1.50. The molecular weight excluding hydrogens is 148 g/mol. The number of hydrogen-bond acceptors (Lipinski definition) is 1. The van der Waals surface area contributed by atoms with Crippen LogP contribution in [-0.2, 0) is 4.79 Å². The number of Topliss-reactive ketones (excluding diaryl/α,β-unsaturated/α-hetero) is 1. The number of fused-ring (bicyclic) bond motifs is 1. The van der Waals surface area contributed by atoms with Crippen molar-refractivity contribution in [1.29, 1.82) is 0 Å². The van der Waals surface area contributed by atoms with Crippen molar-refractivity contribution in [1.82, 2.24) is 0 Å². The molecule has 2 aliphatic rings. The summed E-state index contributed by atoms with van der Waals surface area (Å²) in [6, 6.07) is 0. The molecule has 0 N–H and O–H groups in total. The third kappa shape index (κ3) is 1.12. The van der Waals surface area contributed by atoms with Gasteiger partial charge in [0, 0.05) is 12.3 Å². The Morgan fingerprint density at radius 3 is 3.08 bits per heavy atom. The lowest BCUT2D eigenvalue weighted by Crippen LogP contribution is -2.23. The van der Waals surface area contributed by atoms with Crippen LogP contribution in [-0.4, -0.2) is 5.78 Å². The van der Waals surface area contributed by atoms with Crippen LogP contribution in [0.4, 0.5) is 0 Å². The van der Waals surface area contributed by atoms with Gasteiger partial charge in [-0.1, -0.05) is 25.0 Å². The highest BCUT2D eigenvalue weighted by Crippen LogP contribution is 2.45. The number of rotatable bonds is 3. The van der Waals surface area contributed by atoms with Crippen molar-refractivity contribution in [3.63, 3.8) is 0 Å². The predicted octanol–water partition coefficient (Wildman–Crippen LogP) is 2.71. The highest BCUT2D eigenvalue weighted by atomic mass is 16.1. The number of carbonyl (C=O) groups excluding carboxylic acids is 1. The van der Waals surface area contributed by atoms with Gasteiger partial charge in [0.15, 0.2) is 0 Å². The number of unbranched alkanes of at least 4 members (excludes halogenated alkanes) is 1. The Morgan fingerprint density at radius 1 is 1.58 bits per heavy atom. The number of allylic oxidation sites excluding steroid dienone is 2. The van der Waals surface area contributed by atoms with E-state index in [0.717, 1.165) is 12.8 Å². The molecule has 0 unspecified atom stereocenters. The molecule has 0 amide bonds. The molecule has 12 heavy (non-hydrogen) atoms. The summed E-state index contributed by atoms with van der Waals surface area (Å²) in [6.07, 6.45) is 7.99. The first-order valence-corrected chi connectivity index (χ1v) is 5.06. The van der Waals surface area contributed by atoms with Crippen LogP contribution in [0.5, 0.6) is 0 Å². The summed E-state index contributed by atoms with van der Waals surface area (Å²) in [6.45, 7) is 2.22. The van der Waals surface area contributed by atoms with Gasteiger partial charge in [-0.15, -0.1) is 0 Å². The van der Waals surface area contributed by atoms with Crippen LogP contribution in [0.15, 0.2) is 11.6 Å². The zero-order valence-electron chi connectivity index (χ0n) is 7.68. The van der Waals surface area contributed by atoms with Crippen molar-refractivity contribution in [2.75, 3.05) is 0 Å². The van der Waals surface area contributed by atoms with Crippen molar-refractivity contribution in [2.45, 2.75) is 39.0 Å². The minimum atomic E-state index is 0.344. The van der Waals surface area contributed by atoms with Crippen LogP contribution in [0.1, 0.15) is 39.0 Å². The molecule has 0 aliphatic heterocycles. The summed E-state index contributed by atoms with van der Waals surface area (Å²) in [4.78, 5) is 11.2. The SMILES string of the molecule is CCCCC1=C[C@H]2C(=O)CC[C@@H]12. The molecule has 1 nitrogen and oxygen atoms in total. The zero-order chi connectivity index (χ0) is 8.55. The molecule has 0 aromatic carbocycles. The van der Waals surface area contributed by atoms with Gasteiger partial charge in [-0.05, 0) is 25.2 Å². The van der Waals surface area contributed by atoms with Crippen LogP contribution >= 0.6 is 0 Å². The van der Waals surface area contributed by atoms with Gasteiger partial charge in [0.2, 0.25) is 0 Å². The highest BCUT2D eigenvalue weighted by Gasteiger charge is 2.41. The smallest absolute Gasteiger partial charge is 0.140 e. The number of ketones is 1. The van der Waals surface area contributed by atoms with Crippen LogP contribution in [0.25, 0.3) is 0 Å². The lowest BCUT2D eigenvalue weighted by atomic mass is 9.75. The molecule has 66 valence electrons. The van der Waals surface area contributed by atoms with Crippen LogP contribution in [0, 0.1) is 11.8 Å². The lowest BCUT2D eigenvalue weighted by molar-refractivity contribution is -0.120. The van der Waals surface area contributed by atoms with Crippen molar-refractivity contribution in [2.24, 2.45) is 11.8 Å². The van der Waals surface area contributed by atoms with E-state index >= 15 is 0 Å². The average Bonchev–Trinajstić information content (AvgIpc) is 2.28. The average molecular weight is 164 g/mol. The predicted molar refractivity (Wildman–Crippen MR) is 48.8 cm³/mol. The van der Waals surface area contributed by atoms with Crippen LogP contribution < -0.4 is 0 Å². The molecule has 0 spiro atoms. The molecular formula is C11H16O. The first-order chi connectivity index (χ1) is 5.83. The third-order valence-electron chi connectivity index (χ3n) is 3.20. The van der Waals surface area contributed by atoms with Gasteiger partial charge in [0.1, 0.15) is 5.78 Å². The van der Waals surface area contributed by atoms with Crippen molar-refractivity contribution in [3.8, 4) is 0 Å². The molecule has 0 aromatic heterocycles. The lowest BCUT2D eigenvalue weighted by Gasteiger charge is -2.29. The molecule has 1 heteroatoms. The first kappa shape index (κ1) is 8.03. The molecule has 0 saturated heterocycles. The fraction of sp³-hybridized carbons (Fsp3) is 0.727. The Bertz CT molecular complexity index is 227. The van der Waals surface area contributed by atoms with E-state index < -0.39 is 0 Å². The van der Waals surface area contributed by atoms with Gasteiger partial charge in [0.25, 0.3) is 0 Å². The molecule has 0 heterocycles. The Hall–Kier alpha value is -0.590. The van der Waals surface area contributed by atoms with Crippen molar-refractivity contribution in [3.05, 3.63) is 11.6 Å². The summed E-state index contributed by atoms with van der Waals surface area (Å²) in [5, 5.41) is 0. The van der Waals surface area contributed by atoms with Gasteiger partial charge < -0.3 is 0 Å². The van der Waals surface area contributed by atoms with E-state index in [1.807, 2.05) is 0 Å². The van der Waals surface area contributed by atoms with E-state index in [0.29, 0.717) is 17.6 Å². The molecule has 0 bridgehead atoms. The Kier molecular flexibility index (Phi) is 2.03. The van der Waals surface area contributed by atoms with E-state index in [4.69, 9.17) is 0 Å². The largest absolute Gasteiger partial charge is 0.299 e. The summed E-state index contributed by atoms with van der Waals surface area (Å²) < 4.78 is 0. The monoisotopic (exact) mass is 164 g/mol. The van der Waals surface area contributed by atoms with Crippen molar-refractivity contribution >= 4 is 5.78 Å². The van der Waals surface area contributed by atoms with Crippen molar-refractivity contribution < 1.29 is 4.79 Å². The van der Waals surface area contributed by atoms with Crippen LogP contribution in [0.3, 0.4) is 0 Å². The van der Waals surface area contributed by atoms with E-state index in [-0.39, 0.29) is 0 Å². The van der Waals surface area contributed by atoms with Gasteiger partial charge in [-0.25, -0.2) is 0 Å². The maximum absolute atomic E-state index is 11.2. The molecule has 1 saturated carbocycles. The van der Waals surface area contributed by atoms with E-state index in [1.54, 1.807) is 5.57 Å². The fourth-order valence-corrected chi connectivity index (χ4v) is 2.38. The molecule has 2 rings (SSSR count). The minimum absolute atomic E-state index is 0.344. The van der Waals surface area contributed by atoms with E-state index in [1.165, 1.54) is 19.3 Å². The molecule has 2 aliphatic carbocycles. The Labute approximate surface area is 73.8 Å². The summed E-state index contributed by atoms with van der Waals surface area (Å²) in [5.41, 5.74) is 1.58. The van der Waals surface area contributed by atoms with E-state index in [9.17, 15) is 4.79 Å². The second-order valence-electron chi connectivity index (χ2n) is 3.98. The summed E-state index contributed by atoms with van der Waals surface area (Å²) >= 11 is 0. The first-order valence-electron chi connectivity index (χ1n) is 5.06.